The highest BCUT2D eigenvalue weighted by atomic mass is 32.1. The highest BCUT2D eigenvalue weighted by molar-refractivity contribution is 7.15. The summed E-state index contributed by atoms with van der Waals surface area (Å²) in [5.74, 6) is 1.31. The van der Waals surface area contributed by atoms with Crippen molar-refractivity contribution >= 4 is 11.3 Å². The molecule has 2 aromatic heterocycles. The number of hydrogen-bond acceptors (Lipinski definition) is 6. The van der Waals surface area contributed by atoms with Crippen LogP contribution in [0.4, 0.5) is 0 Å². The molecular weight excluding hydrogens is 224 g/mol. The molecule has 86 valence electrons. The Morgan fingerprint density at radius 3 is 2.69 bits per heavy atom. The molecule has 1 unspecified atom stereocenters. The summed E-state index contributed by atoms with van der Waals surface area (Å²) in [4.78, 5) is 9.61. The van der Waals surface area contributed by atoms with Crippen molar-refractivity contribution in [2.24, 2.45) is 5.73 Å². The fourth-order valence-corrected chi connectivity index (χ4v) is 2.20. The third-order valence-corrected chi connectivity index (χ3v) is 3.39. The normalized spacial score (nSPS) is 13.0. The molecule has 5 nitrogen and oxygen atoms in total. The van der Waals surface area contributed by atoms with Crippen LogP contribution >= 0.6 is 11.3 Å². The Kier molecular flexibility index (Phi) is 3.02. The first-order valence-electron chi connectivity index (χ1n) is 5.10. The average Bonchev–Trinajstić information content (AvgIpc) is 2.83. The fourth-order valence-electron chi connectivity index (χ4n) is 1.36. The van der Waals surface area contributed by atoms with E-state index in [0.29, 0.717) is 18.3 Å². The number of nitrogens with two attached hydrogens (primary N) is 1. The number of aromatic nitrogens is 3. The third-order valence-electron chi connectivity index (χ3n) is 2.33. The zero-order valence-corrected chi connectivity index (χ0v) is 10.3. The van der Waals surface area contributed by atoms with Gasteiger partial charge in [0.05, 0.1) is 10.7 Å². The maximum atomic E-state index is 5.55. The van der Waals surface area contributed by atoms with Gasteiger partial charge in [0.1, 0.15) is 4.88 Å². The van der Waals surface area contributed by atoms with Gasteiger partial charge in [-0.25, -0.2) is 4.98 Å². The molecule has 2 N–H and O–H groups in total. The molecule has 0 aliphatic carbocycles. The number of aryl methyl sites for hydroxylation is 2. The van der Waals surface area contributed by atoms with Crippen LogP contribution in [0.2, 0.25) is 0 Å². The molecule has 0 amide bonds. The van der Waals surface area contributed by atoms with Crippen LogP contribution in [-0.2, 0) is 0 Å². The first-order chi connectivity index (χ1) is 7.61. The highest BCUT2D eigenvalue weighted by Crippen LogP contribution is 2.28. The van der Waals surface area contributed by atoms with Crippen molar-refractivity contribution < 1.29 is 4.52 Å². The Morgan fingerprint density at radius 1 is 1.38 bits per heavy atom. The molecular formula is C10H14N4OS. The molecule has 0 saturated carbocycles. The summed E-state index contributed by atoms with van der Waals surface area (Å²) in [6.07, 6.45) is 0. The maximum Gasteiger partial charge on any atom is 0.269 e. The van der Waals surface area contributed by atoms with Crippen LogP contribution in [0.1, 0.15) is 29.4 Å². The van der Waals surface area contributed by atoms with E-state index in [2.05, 4.69) is 15.1 Å². The summed E-state index contributed by atoms with van der Waals surface area (Å²) in [6, 6.07) is 0. The van der Waals surface area contributed by atoms with Gasteiger partial charge in [-0.3, -0.25) is 0 Å². The van der Waals surface area contributed by atoms with Crippen LogP contribution < -0.4 is 5.73 Å². The van der Waals surface area contributed by atoms with Gasteiger partial charge in [-0.15, -0.1) is 11.3 Å². The average molecular weight is 238 g/mol. The van der Waals surface area contributed by atoms with E-state index in [-0.39, 0.29) is 5.92 Å². The van der Waals surface area contributed by atoms with Crippen molar-refractivity contribution in [1.82, 2.24) is 15.1 Å². The van der Waals surface area contributed by atoms with Crippen molar-refractivity contribution in [3.05, 3.63) is 16.5 Å². The van der Waals surface area contributed by atoms with Gasteiger partial charge in [-0.2, -0.15) is 4.98 Å². The van der Waals surface area contributed by atoms with Gasteiger partial charge in [0.15, 0.2) is 5.82 Å². The minimum Gasteiger partial charge on any atom is -0.333 e. The predicted octanol–water partition coefficient (Wildman–Crippen LogP) is 1.87. The Hall–Kier alpha value is -1.27. The van der Waals surface area contributed by atoms with Crippen molar-refractivity contribution in [2.45, 2.75) is 26.7 Å². The molecule has 0 saturated heterocycles. The largest absolute Gasteiger partial charge is 0.333 e. The van der Waals surface area contributed by atoms with E-state index in [0.717, 1.165) is 15.6 Å². The lowest BCUT2D eigenvalue weighted by Crippen LogP contribution is -2.10. The lowest BCUT2D eigenvalue weighted by molar-refractivity contribution is 0.418. The Labute approximate surface area is 97.7 Å². The molecule has 2 heterocycles. The topological polar surface area (TPSA) is 77.8 Å². The summed E-state index contributed by atoms with van der Waals surface area (Å²) < 4.78 is 5.22. The first-order valence-corrected chi connectivity index (χ1v) is 5.91. The quantitative estimate of drug-likeness (QED) is 0.883. The monoisotopic (exact) mass is 238 g/mol. The van der Waals surface area contributed by atoms with Crippen LogP contribution in [0.15, 0.2) is 4.52 Å². The maximum absolute atomic E-state index is 5.55. The molecule has 2 rings (SSSR count). The van der Waals surface area contributed by atoms with Crippen LogP contribution in [0, 0.1) is 13.8 Å². The second-order valence-electron chi connectivity index (χ2n) is 3.74. The van der Waals surface area contributed by atoms with Crippen LogP contribution in [0.5, 0.6) is 0 Å². The number of nitrogens with zero attached hydrogens (tertiary/aromatic N) is 3. The van der Waals surface area contributed by atoms with Gasteiger partial charge >= 0.3 is 0 Å². The number of hydrogen-bond donors (Lipinski definition) is 1. The molecule has 0 aliphatic heterocycles. The standard InChI is InChI=1S/C10H14N4OS/c1-5(4-11)9-13-10(15-14-9)8-6(2)12-7(3)16-8/h5H,4,11H2,1-3H3. The molecule has 2 aromatic rings. The Balaban J connectivity index is 2.35. The minimum atomic E-state index is 0.117. The fraction of sp³-hybridized carbons (Fsp3) is 0.500. The van der Waals surface area contributed by atoms with Gasteiger partial charge in [-0.1, -0.05) is 12.1 Å². The predicted molar refractivity (Wildman–Crippen MR) is 62.3 cm³/mol. The van der Waals surface area contributed by atoms with Gasteiger partial charge in [0, 0.05) is 12.5 Å². The summed E-state index contributed by atoms with van der Waals surface area (Å²) in [6.45, 7) is 6.38. The summed E-state index contributed by atoms with van der Waals surface area (Å²) in [7, 11) is 0. The van der Waals surface area contributed by atoms with Crippen LogP contribution in [-0.4, -0.2) is 21.7 Å². The summed E-state index contributed by atoms with van der Waals surface area (Å²) in [5, 5.41) is 4.93. The zero-order valence-electron chi connectivity index (χ0n) is 9.52. The van der Waals surface area contributed by atoms with E-state index in [1.165, 1.54) is 0 Å². The van der Waals surface area contributed by atoms with Crippen molar-refractivity contribution in [1.29, 1.82) is 0 Å². The van der Waals surface area contributed by atoms with E-state index in [1.807, 2.05) is 20.8 Å². The molecule has 0 fully saturated rings. The minimum absolute atomic E-state index is 0.117. The second-order valence-corrected chi connectivity index (χ2v) is 4.95. The van der Waals surface area contributed by atoms with Gasteiger partial charge in [0.2, 0.25) is 0 Å². The molecule has 16 heavy (non-hydrogen) atoms. The Bertz CT molecular complexity index is 491. The molecule has 0 spiro atoms. The van der Waals surface area contributed by atoms with Crippen LogP contribution in [0.3, 0.4) is 0 Å². The van der Waals surface area contributed by atoms with Gasteiger partial charge < -0.3 is 10.3 Å². The van der Waals surface area contributed by atoms with E-state index >= 15 is 0 Å². The van der Waals surface area contributed by atoms with Crippen molar-refractivity contribution in [3.63, 3.8) is 0 Å². The number of rotatable bonds is 3. The Morgan fingerprint density at radius 2 is 2.12 bits per heavy atom. The molecule has 0 bridgehead atoms. The third kappa shape index (κ3) is 1.98. The lowest BCUT2D eigenvalue weighted by Gasteiger charge is -1.98. The molecule has 0 radical (unpaired) electrons. The SMILES string of the molecule is Cc1nc(C)c(-c2nc(C(C)CN)no2)s1. The van der Waals surface area contributed by atoms with Gasteiger partial charge in [0.25, 0.3) is 5.89 Å². The summed E-state index contributed by atoms with van der Waals surface area (Å²) >= 11 is 1.56. The van der Waals surface area contributed by atoms with Crippen molar-refractivity contribution in [3.8, 4) is 10.8 Å². The van der Waals surface area contributed by atoms with Gasteiger partial charge in [-0.05, 0) is 13.8 Å². The molecule has 6 heteroatoms. The molecule has 0 aliphatic rings. The smallest absolute Gasteiger partial charge is 0.269 e. The highest BCUT2D eigenvalue weighted by Gasteiger charge is 2.17. The molecule has 0 aromatic carbocycles. The van der Waals surface area contributed by atoms with E-state index < -0.39 is 0 Å². The zero-order chi connectivity index (χ0) is 11.7. The molecule has 1 atom stereocenters. The van der Waals surface area contributed by atoms with E-state index in [1.54, 1.807) is 11.3 Å². The first kappa shape index (κ1) is 11.2. The van der Waals surface area contributed by atoms with Crippen molar-refractivity contribution in [2.75, 3.05) is 6.54 Å². The van der Waals surface area contributed by atoms with E-state index in [9.17, 15) is 0 Å². The second kappa shape index (κ2) is 4.31. The summed E-state index contributed by atoms with van der Waals surface area (Å²) in [5.41, 5.74) is 6.48. The lowest BCUT2D eigenvalue weighted by atomic mass is 10.2. The van der Waals surface area contributed by atoms with E-state index in [4.69, 9.17) is 10.3 Å². The van der Waals surface area contributed by atoms with Crippen LogP contribution in [0.25, 0.3) is 10.8 Å². The number of thiazole rings is 1.